The van der Waals surface area contributed by atoms with Gasteiger partial charge in [-0.15, -0.1) is 0 Å². The standard InChI is InChI=1S/C12H12Cl2N2O/c1-8-5-16(7-15-8)6-12(17)10-3-2-9(13)4-11(10)14/h2-5,7,12,17H,6H2,1H3. The molecule has 0 spiro atoms. The Balaban J connectivity index is 2.17. The second kappa shape index (κ2) is 5.08. The average molecular weight is 271 g/mol. The van der Waals surface area contributed by atoms with Gasteiger partial charge in [-0.05, 0) is 19.1 Å². The molecule has 2 aromatic rings. The Morgan fingerprint density at radius 1 is 1.41 bits per heavy atom. The highest BCUT2D eigenvalue weighted by Gasteiger charge is 2.12. The van der Waals surface area contributed by atoms with Gasteiger partial charge in [0, 0.05) is 21.8 Å². The molecule has 1 aromatic heterocycles. The third kappa shape index (κ3) is 3.00. The van der Waals surface area contributed by atoms with Crippen molar-refractivity contribution >= 4 is 23.2 Å². The van der Waals surface area contributed by atoms with E-state index in [1.165, 1.54) is 0 Å². The summed E-state index contributed by atoms with van der Waals surface area (Å²) in [5, 5.41) is 11.1. The molecule has 2 rings (SSSR count). The van der Waals surface area contributed by atoms with E-state index in [0.717, 1.165) is 5.69 Å². The van der Waals surface area contributed by atoms with Crippen LogP contribution in [0.3, 0.4) is 0 Å². The Morgan fingerprint density at radius 3 is 2.76 bits per heavy atom. The first-order chi connectivity index (χ1) is 8.06. The summed E-state index contributed by atoms with van der Waals surface area (Å²) in [7, 11) is 0. The van der Waals surface area contributed by atoms with E-state index in [9.17, 15) is 5.11 Å². The van der Waals surface area contributed by atoms with Gasteiger partial charge in [0.25, 0.3) is 0 Å². The van der Waals surface area contributed by atoms with Crippen molar-refractivity contribution in [1.29, 1.82) is 0 Å². The second-order valence-electron chi connectivity index (χ2n) is 3.89. The molecule has 5 heteroatoms. The first kappa shape index (κ1) is 12.4. The minimum absolute atomic E-state index is 0.419. The number of aliphatic hydroxyl groups excluding tert-OH is 1. The number of benzene rings is 1. The lowest BCUT2D eigenvalue weighted by Gasteiger charge is -2.13. The summed E-state index contributed by atoms with van der Waals surface area (Å²) in [6, 6.07) is 5.07. The number of imidazole rings is 1. The second-order valence-corrected chi connectivity index (χ2v) is 4.74. The minimum atomic E-state index is -0.673. The SMILES string of the molecule is Cc1cn(CC(O)c2ccc(Cl)cc2Cl)cn1. The first-order valence-corrected chi connectivity index (χ1v) is 5.93. The average Bonchev–Trinajstić information content (AvgIpc) is 2.63. The van der Waals surface area contributed by atoms with Crippen LogP contribution >= 0.6 is 23.2 Å². The molecule has 1 heterocycles. The summed E-state index contributed by atoms with van der Waals surface area (Å²) < 4.78 is 1.82. The van der Waals surface area contributed by atoms with Crippen molar-refractivity contribution in [3.05, 3.63) is 52.0 Å². The quantitative estimate of drug-likeness (QED) is 0.930. The lowest BCUT2D eigenvalue weighted by molar-refractivity contribution is 0.156. The van der Waals surface area contributed by atoms with E-state index in [0.29, 0.717) is 22.2 Å². The van der Waals surface area contributed by atoms with Crippen molar-refractivity contribution in [3.8, 4) is 0 Å². The van der Waals surface area contributed by atoms with Gasteiger partial charge in [0.2, 0.25) is 0 Å². The number of hydrogen-bond donors (Lipinski definition) is 1. The number of halogens is 2. The van der Waals surface area contributed by atoms with Crippen LogP contribution in [0.5, 0.6) is 0 Å². The van der Waals surface area contributed by atoms with Crippen LogP contribution in [0, 0.1) is 6.92 Å². The molecular weight excluding hydrogens is 259 g/mol. The van der Waals surface area contributed by atoms with Crippen molar-refractivity contribution in [3.63, 3.8) is 0 Å². The van der Waals surface area contributed by atoms with E-state index in [1.54, 1.807) is 24.5 Å². The van der Waals surface area contributed by atoms with Gasteiger partial charge in [-0.1, -0.05) is 29.3 Å². The van der Waals surface area contributed by atoms with Crippen LogP contribution in [0.2, 0.25) is 10.0 Å². The zero-order valence-corrected chi connectivity index (χ0v) is 10.8. The summed E-state index contributed by atoms with van der Waals surface area (Å²) in [6.45, 7) is 2.32. The lowest BCUT2D eigenvalue weighted by Crippen LogP contribution is -2.07. The largest absolute Gasteiger partial charge is 0.386 e. The molecule has 0 fully saturated rings. The zero-order valence-electron chi connectivity index (χ0n) is 9.27. The van der Waals surface area contributed by atoms with Gasteiger partial charge in [0.1, 0.15) is 0 Å². The Labute approximate surface area is 110 Å². The van der Waals surface area contributed by atoms with Crippen LogP contribution in [0.25, 0.3) is 0 Å². The summed E-state index contributed by atoms with van der Waals surface area (Å²) in [5.41, 5.74) is 1.59. The molecule has 1 unspecified atom stereocenters. The third-order valence-corrected chi connectivity index (χ3v) is 3.03. The van der Waals surface area contributed by atoms with Gasteiger partial charge < -0.3 is 9.67 Å². The maximum Gasteiger partial charge on any atom is 0.0983 e. The molecule has 90 valence electrons. The predicted octanol–water partition coefficient (Wildman–Crippen LogP) is 3.23. The van der Waals surface area contributed by atoms with E-state index in [1.807, 2.05) is 17.7 Å². The van der Waals surface area contributed by atoms with E-state index < -0.39 is 6.10 Å². The van der Waals surface area contributed by atoms with Crippen LogP contribution in [0.15, 0.2) is 30.7 Å². The van der Waals surface area contributed by atoms with E-state index in [-0.39, 0.29) is 0 Å². The number of aliphatic hydroxyl groups is 1. The molecule has 0 amide bonds. The highest BCUT2D eigenvalue weighted by Crippen LogP contribution is 2.27. The Kier molecular flexibility index (Phi) is 3.72. The molecular formula is C12H12Cl2N2O. The Bertz CT molecular complexity index is 525. The number of rotatable bonds is 3. The van der Waals surface area contributed by atoms with Gasteiger partial charge in [-0.25, -0.2) is 4.98 Å². The molecule has 0 saturated heterocycles. The van der Waals surface area contributed by atoms with Gasteiger partial charge in [-0.3, -0.25) is 0 Å². The zero-order chi connectivity index (χ0) is 12.4. The normalized spacial score (nSPS) is 12.7. The lowest BCUT2D eigenvalue weighted by atomic mass is 10.1. The fourth-order valence-electron chi connectivity index (χ4n) is 1.64. The third-order valence-electron chi connectivity index (χ3n) is 2.47. The van der Waals surface area contributed by atoms with E-state index >= 15 is 0 Å². The number of hydrogen-bond acceptors (Lipinski definition) is 2. The van der Waals surface area contributed by atoms with Gasteiger partial charge >= 0.3 is 0 Å². The predicted molar refractivity (Wildman–Crippen MR) is 68.4 cm³/mol. The van der Waals surface area contributed by atoms with E-state index in [2.05, 4.69) is 4.98 Å². The van der Waals surface area contributed by atoms with Crippen LogP contribution in [0.4, 0.5) is 0 Å². The minimum Gasteiger partial charge on any atom is -0.386 e. The number of aromatic nitrogens is 2. The topological polar surface area (TPSA) is 38.0 Å². The molecule has 0 radical (unpaired) electrons. The molecule has 1 aromatic carbocycles. The van der Waals surface area contributed by atoms with Crippen molar-refractivity contribution in [2.24, 2.45) is 0 Å². The fraction of sp³-hybridized carbons (Fsp3) is 0.250. The summed E-state index contributed by atoms with van der Waals surface area (Å²) >= 11 is 11.8. The van der Waals surface area contributed by atoms with Gasteiger partial charge in [-0.2, -0.15) is 0 Å². The van der Waals surface area contributed by atoms with Crippen LogP contribution in [0.1, 0.15) is 17.4 Å². The molecule has 0 aliphatic carbocycles. The van der Waals surface area contributed by atoms with Crippen molar-refractivity contribution in [2.45, 2.75) is 19.6 Å². The molecule has 0 saturated carbocycles. The van der Waals surface area contributed by atoms with Crippen LogP contribution in [-0.4, -0.2) is 14.7 Å². The Morgan fingerprint density at radius 2 is 2.18 bits per heavy atom. The number of nitrogens with zero attached hydrogens (tertiary/aromatic N) is 2. The highest BCUT2D eigenvalue weighted by atomic mass is 35.5. The first-order valence-electron chi connectivity index (χ1n) is 5.17. The summed E-state index contributed by atoms with van der Waals surface area (Å²) in [6.07, 6.45) is 2.88. The Hall–Kier alpha value is -1.03. The maximum atomic E-state index is 10.1. The molecule has 0 aliphatic rings. The molecule has 3 nitrogen and oxygen atoms in total. The molecule has 1 N–H and O–H groups in total. The van der Waals surface area contributed by atoms with Gasteiger partial charge in [0.15, 0.2) is 0 Å². The van der Waals surface area contributed by atoms with Gasteiger partial charge in [0.05, 0.1) is 24.7 Å². The smallest absolute Gasteiger partial charge is 0.0983 e. The highest BCUT2D eigenvalue weighted by molar-refractivity contribution is 6.35. The fourth-order valence-corrected chi connectivity index (χ4v) is 2.18. The van der Waals surface area contributed by atoms with Crippen molar-refractivity contribution in [1.82, 2.24) is 9.55 Å². The monoisotopic (exact) mass is 270 g/mol. The molecule has 0 aliphatic heterocycles. The molecule has 0 bridgehead atoms. The van der Waals surface area contributed by atoms with E-state index in [4.69, 9.17) is 23.2 Å². The summed E-state index contributed by atoms with van der Waals surface area (Å²) in [5.74, 6) is 0. The van der Waals surface area contributed by atoms with Crippen LogP contribution < -0.4 is 0 Å². The maximum absolute atomic E-state index is 10.1. The van der Waals surface area contributed by atoms with Crippen LogP contribution in [-0.2, 0) is 6.54 Å². The number of aryl methyl sites for hydroxylation is 1. The summed E-state index contributed by atoms with van der Waals surface area (Å²) in [4.78, 5) is 4.10. The van der Waals surface area contributed by atoms with Crippen molar-refractivity contribution < 1.29 is 5.11 Å². The van der Waals surface area contributed by atoms with Crippen molar-refractivity contribution in [2.75, 3.05) is 0 Å². The molecule has 17 heavy (non-hydrogen) atoms. The molecule has 1 atom stereocenters.